The average Bonchev–Trinajstić information content (AvgIpc) is 2.19. The van der Waals surface area contributed by atoms with Crippen molar-refractivity contribution in [2.45, 2.75) is 26.8 Å². The number of rotatable bonds is 0. The fourth-order valence-electron chi connectivity index (χ4n) is 1.99. The van der Waals surface area contributed by atoms with Crippen LogP contribution in [0, 0.1) is 12.7 Å². The van der Waals surface area contributed by atoms with E-state index in [4.69, 9.17) is 0 Å². The summed E-state index contributed by atoms with van der Waals surface area (Å²) in [5.41, 5.74) is 2.02. The first kappa shape index (κ1) is 10.9. The van der Waals surface area contributed by atoms with Crippen LogP contribution in [0.2, 0.25) is 0 Å². The standard InChI is InChI=1S/C12H15FN2O/c1-7-4-12-11(5-10(7)13)14-8(2)6-15(12)9(3)16/h4-5,8,14H,6H2,1-3H3. The lowest BCUT2D eigenvalue weighted by Crippen LogP contribution is -2.42. The first-order chi connectivity index (χ1) is 7.49. The molecule has 2 rings (SSSR count). The van der Waals surface area contributed by atoms with Crippen LogP contribution in [-0.4, -0.2) is 18.5 Å². The fraction of sp³-hybridized carbons (Fsp3) is 0.417. The fourth-order valence-corrected chi connectivity index (χ4v) is 1.99. The molecule has 0 saturated carbocycles. The van der Waals surface area contributed by atoms with Crippen LogP contribution in [0.4, 0.5) is 15.8 Å². The maximum atomic E-state index is 13.4. The zero-order chi connectivity index (χ0) is 11.9. The molecule has 1 aliphatic heterocycles. The van der Waals surface area contributed by atoms with E-state index in [1.54, 1.807) is 17.9 Å². The summed E-state index contributed by atoms with van der Waals surface area (Å²) in [5, 5.41) is 3.18. The van der Waals surface area contributed by atoms with Gasteiger partial charge in [0, 0.05) is 19.5 Å². The molecule has 0 spiro atoms. The van der Waals surface area contributed by atoms with Crippen molar-refractivity contribution in [3.63, 3.8) is 0 Å². The normalized spacial score (nSPS) is 19.0. The summed E-state index contributed by atoms with van der Waals surface area (Å²) in [4.78, 5) is 13.2. The number of amides is 1. The highest BCUT2D eigenvalue weighted by Crippen LogP contribution is 2.33. The van der Waals surface area contributed by atoms with Crippen LogP contribution >= 0.6 is 0 Å². The van der Waals surface area contributed by atoms with Gasteiger partial charge >= 0.3 is 0 Å². The monoisotopic (exact) mass is 222 g/mol. The SMILES string of the molecule is CC(=O)N1CC(C)Nc2cc(F)c(C)cc21. The number of carbonyl (C=O) groups is 1. The van der Waals surface area contributed by atoms with Gasteiger partial charge in [0.1, 0.15) is 5.82 Å². The highest BCUT2D eigenvalue weighted by molar-refractivity contribution is 5.96. The molecule has 0 aliphatic carbocycles. The van der Waals surface area contributed by atoms with Crippen LogP contribution in [0.1, 0.15) is 19.4 Å². The molecule has 0 fully saturated rings. The summed E-state index contributed by atoms with van der Waals surface area (Å²) in [7, 11) is 0. The Morgan fingerprint density at radius 1 is 1.56 bits per heavy atom. The van der Waals surface area contributed by atoms with Crippen LogP contribution in [-0.2, 0) is 4.79 Å². The second kappa shape index (κ2) is 3.77. The minimum absolute atomic E-state index is 0.0133. The number of hydrogen-bond donors (Lipinski definition) is 1. The minimum Gasteiger partial charge on any atom is -0.379 e. The predicted molar refractivity (Wildman–Crippen MR) is 62.2 cm³/mol. The molecule has 3 nitrogen and oxygen atoms in total. The molecule has 1 N–H and O–H groups in total. The molecule has 1 aromatic rings. The minimum atomic E-state index is -0.246. The lowest BCUT2D eigenvalue weighted by molar-refractivity contribution is -0.116. The molecular weight excluding hydrogens is 207 g/mol. The van der Waals surface area contributed by atoms with Crippen molar-refractivity contribution >= 4 is 17.3 Å². The lowest BCUT2D eigenvalue weighted by atomic mass is 10.1. The van der Waals surface area contributed by atoms with E-state index in [2.05, 4.69) is 5.32 Å². The molecule has 86 valence electrons. The maximum absolute atomic E-state index is 13.4. The Balaban J connectivity index is 2.52. The van der Waals surface area contributed by atoms with E-state index in [1.165, 1.54) is 13.0 Å². The number of nitrogens with zero attached hydrogens (tertiary/aromatic N) is 1. The van der Waals surface area contributed by atoms with E-state index >= 15 is 0 Å². The van der Waals surface area contributed by atoms with E-state index < -0.39 is 0 Å². The second-order valence-corrected chi connectivity index (χ2v) is 4.29. The van der Waals surface area contributed by atoms with Gasteiger partial charge < -0.3 is 10.2 Å². The van der Waals surface area contributed by atoms with Gasteiger partial charge in [-0.1, -0.05) is 0 Å². The molecule has 1 aromatic carbocycles. The van der Waals surface area contributed by atoms with Crippen molar-refractivity contribution in [1.82, 2.24) is 0 Å². The molecule has 4 heteroatoms. The average molecular weight is 222 g/mol. The first-order valence-electron chi connectivity index (χ1n) is 5.34. The molecule has 16 heavy (non-hydrogen) atoms. The molecule has 1 unspecified atom stereocenters. The Morgan fingerprint density at radius 3 is 2.88 bits per heavy atom. The van der Waals surface area contributed by atoms with Gasteiger partial charge in [0.2, 0.25) is 5.91 Å². The van der Waals surface area contributed by atoms with Gasteiger partial charge in [-0.05, 0) is 31.5 Å². The van der Waals surface area contributed by atoms with Crippen LogP contribution in [0.5, 0.6) is 0 Å². The number of benzene rings is 1. The summed E-state index contributed by atoms with van der Waals surface area (Å²) in [5.74, 6) is -0.260. The van der Waals surface area contributed by atoms with E-state index in [9.17, 15) is 9.18 Å². The highest BCUT2D eigenvalue weighted by Gasteiger charge is 2.24. The number of carbonyl (C=O) groups excluding carboxylic acids is 1. The predicted octanol–water partition coefficient (Wildman–Crippen LogP) is 2.30. The smallest absolute Gasteiger partial charge is 0.223 e. The van der Waals surface area contributed by atoms with E-state index in [-0.39, 0.29) is 17.8 Å². The lowest BCUT2D eigenvalue weighted by Gasteiger charge is -2.34. The van der Waals surface area contributed by atoms with Crippen molar-refractivity contribution in [2.75, 3.05) is 16.8 Å². The molecule has 0 radical (unpaired) electrons. The van der Waals surface area contributed by atoms with E-state index in [0.717, 1.165) is 5.69 Å². The third kappa shape index (κ3) is 1.75. The van der Waals surface area contributed by atoms with Crippen LogP contribution in [0.3, 0.4) is 0 Å². The number of fused-ring (bicyclic) bond motifs is 1. The number of halogens is 1. The quantitative estimate of drug-likeness (QED) is 0.730. The van der Waals surface area contributed by atoms with Gasteiger partial charge in [0.25, 0.3) is 0 Å². The third-order valence-electron chi connectivity index (χ3n) is 2.81. The van der Waals surface area contributed by atoms with Crippen molar-refractivity contribution < 1.29 is 9.18 Å². The Labute approximate surface area is 94.3 Å². The molecule has 1 amide bonds. The molecule has 1 atom stereocenters. The van der Waals surface area contributed by atoms with Crippen molar-refractivity contribution in [3.8, 4) is 0 Å². The topological polar surface area (TPSA) is 32.3 Å². The Morgan fingerprint density at radius 2 is 2.25 bits per heavy atom. The number of nitrogens with one attached hydrogen (secondary N) is 1. The third-order valence-corrected chi connectivity index (χ3v) is 2.81. The van der Waals surface area contributed by atoms with E-state index in [1.807, 2.05) is 6.92 Å². The zero-order valence-electron chi connectivity index (χ0n) is 9.67. The Bertz CT molecular complexity index is 445. The van der Waals surface area contributed by atoms with Gasteiger partial charge in [0.15, 0.2) is 0 Å². The summed E-state index contributed by atoms with van der Waals surface area (Å²) in [6.07, 6.45) is 0. The van der Waals surface area contributed by atoms with Gasteiger partial charge in [-0.2, -0.15) is 0 Å². The van der Waals surface area contributed by atoms with Crippen molar-refractivity contribution in [2.24, 2.45) is 0 Å². The number of anilines is 2. The molecule has 0 bridgehead atoms. The van der Waals surface area contributed by atoms with Gasteiger partial charge in [-0.15, -0.1) is 0 Å². The van der Waals surface area contributed by atoms with E-state index in [0.29, 0.717) is 17.8 Å². The molecular formula is C12H15FN2O. The van der Waals surface area contributed by atoms with Crippen molar-refractivity contribution in [3.05, 3.63) is 23.5 Å². The summed E-state index contributed by atoms with van der Waals surface area (Å²) in [6.45, 7) is 5.82. The summed E-state index contributed by atoms with van der Waals surface area (Å²) < 4.78 is 13.4. The van der Waals surface area contributed by atoms with Crippen LogP contribution in [0.15, 0.2) is 12.1 Å². The first-order valence-corrected chi connectivity index (χ1v) is 5.34. The zero-order valence-corrected chi connectivity index (χ0v) is 9.67. The molecule has 0 saturated heterocycles. The molecule has 1 heterocycles. The summed E-state index contributed by atoms with van der Waals surface area (Å²) >= 11 is 0. The molecule has 0 aromatic heterocycles. The Hall–Kier alpha value is -1.58. The summed E-state index contributed by atoms with van der Waals surface area (Å²) in [6, 6.07) is 3.31. The highest BCUT2D eigenvalue weighted by atomic mass is 19.1. The van der Waals surface area contributed by atoms with Gasteiger partial charge in [0.05, 0.1) is 11.4 Å². The largest absolute Gasteiger partial charge is 0.379 e. The van der Waals surface area contributed by atoms with Gasteiger partial charge in [-0.3, -0.25) is 4.79 Å². The number of hydrogen-bond acceptors (Lipinski definition) is 2. The Kier molecular flexibility index (Phi) is 2.58. The van der Waals surface area contributed by atoms with Crippen molar-refractivity contribution in [1.29, 1.82) is 0 Å². The molecule has 1 aliphatic rings. The number of aryl methyl sites for hydroxylation is 1. The van der Waals surface area contributed by atoms with Crippen LogP contribution < -0.4 is 10.2 Å². The van der Waals surface area contributed by atoms with Crippen LogP contribution in [0.25, 0.3) is 0 Å². The second-order valence-electron chi connectivity index (χ2n) is 4.29. The maximum Gasteiger partial charge on any atom is 0.223 e. The van der Waals surface area contributed by atoms with Gasteiger partial charge in [-0.25, -0.2) is 4.39 Å².